The van der Waals surface area contributed by atoms with Crippen molar-refractivity contribution < 1.29 is 0 Å². The number of piperidine rings is 1. The lowest BCUT2D eigenvalue weighted by Crippen LogP contribution is -2.29. The smallest absolute Gasteiger partial charge is 0.0236 e. The minimum atomic E-state index is 0.790. The van der Waals surface area contributed by atoms with E-state index in [4.69, 9.17) is 5.73 Å². The van der Waals surface area contributed by atoms with Gasteiger partial charge in [0.25, 0.3) is 0 Å². The highest BCUT2D eigenvalue weighted by atomic mass is 15.1. The maximum atomic E-state index is 5.60. The van der Waals surface area contributed by atoms with Gasteiger partial charge in [-0.1, -0.05) is 30.7 Å². The van der Waals surface area contributed by atoms with Crippen molar-refractivity contribution in [3.8, 4) is 0 Å². The third kappa shape index (κ3) is 3.83. The summed E-state index contributed by atoms with van der Waals surface area (Å²) in [7, 11) is 0. The van der Waals surface area contributed by atoms with Crippen LogP contribution in [-0.4, -0.2) is 24.5 Å². The van der Waals surface area contributed by atoms with Crippen LogP contribution in [0.2, 0.25) is 0 Å². The van der Waals surface area contributed by atoms with Crippen molar-refractivity contribution in [3.05, 3.63) is 35.4 Å². The molecule has 17 heavy (non-hydrogen) atoms. The Morgan fingerprint density at radius 2 is 1.71 bits per heavy atom. The standard InChI is InChI=1S/C15H24N2/c16-10-6-9-14-7-2-3-8-15(14)13-17-11-4-1-5-12-17/h2-3,7-8H,1,4-6,9-13,16H2. The van der Waals surface area contributed by atoms with Crippen LogP contribution >= 0.6 is 0 Å². The summed E-state index contributed by atoms with van der Waals surface area (Å²) in [5.41, 5.74) is 8.59. The largest absolute Gasteiger partial charge is 0.330 e. The van der Waals surface area contributed by atoms with Gasteiger partial charge in [-0.05, 0) is 56.4 Å². The van der Waals surface area contributed by atoms with E-state index in [0.29, 0.717) is 0 Å². The molecule has 1 saturated heterocycles. The van der Waals surface area contributed by atoms with Crippen molar-refractivity contribution in [1.29, 1.82) is 0 Å². The van der Waals surface area contributed by atoms with Gasteiger partial charge in [0.1, 0.15) is 0 Å². The van der Waals surface area contributed by atoms with Gasteiger partial charge in [-0.2, -0.15) is 0 Å². The van der Waals surface area contributed by atoms with Crippen molar-refractivity contribution in [2.24, 2.45) is 5.73 Å². The van der Waals surface area contributed by atoms with Gasteiger partial charge in [-0.15, -0.1) is 0 Å². The fourth-order valence-electron chi connectivity index (χ4n) is 2.61. The summed E-state index contributed by atoms with van der Waals surface area (Å²) in [6, 6.07) is 8.84. The molecule has 0 atom stereocenters. The van der Waals surface area contributed by atoms with Crippen molar-refractivity contribution in [3.63, 3.8) is 0 Å². The van der Waals surface area contributed by atoms with Crippen molar-refractivity contribution >= 4 is 0 Å². The van der Waals surface area contributed by atoms with Gasteiger partial charge < -0.3 is 5.73 Å². The van der Waals surface area contributed by atoms with Crippen molar-refractivity contribution in [1.82, 2.24) is 4.90 Å². The topological polar surface area (TPSA) is 29.3 Å². The molecule has 0 saturated carbocycles. The summed E-state index contributed by atoms with van der Waals surface area (Å²) in [4.78, 5) is 2.59. The zero-order valence-electron chi connectivity index (χ0n) is 10.7. The highest BCUT2D eigenvalue weighted by molar-refractivity contribution is 5.27. The third-order valence-electron chi connectivity index (χ3n) is 3.61. The van der Waals surface area contributed by atoms with Crippen LogP contribution in [0.3, 0.4) is 0 Å². The summed E-state index contributed by atoms with van der Waals surface area (Å²) >= 11 is 0. The van der Waals surface area contributed by atoms with E-state index in [1.807, 2.05) is 0 Å². The lowest BCUT2D eigenvalue weighted by molar-refractivity contribution is 0.220. The summed E-state index contributed by atoms with van der Waals surface area (Å²) < 4.78 is 0. The first-order valence-corrected chi connectivity index (χ1v) is 6.89. The molecule has 2 rings (SSSR count). The summed E-state index contributed by atoms with van der Waals surface area (Å²) in [6.45, 7) is 4.45. The fourth-order valence-corrected chi connectivity index (χ4v) is 2.61. The zero-order chi connectivity index (χ0) is 11.9. The second-order valence-electron chi connectivity index (χ2n) is 5.00. The zero-order valence-corrected chi connectivity index (χ0v) is 10.7. The lowest BCUT2D eigenvalue weighted by atomic mass is 10.0. The predicted molar refractivity (Wildman–Crippen MR) is 72.9 cm³/mol. The molecule has 0 bridgehead atoms. The van der Waals surface area contributed by atoms with Crippen LogP contribution < -0.4 is 5.73 Å². The molecular weight excluding hydrogens is 208 g/mol. The van der Waals surface area contributed by atoms with Crippen LogP contribution in [-0.2, 0) is 13.0 Å². The Balaban J connectivity index is 1.98. The molecule has 94 valence electrons. The van der Waals surface area contributed by atoms with Crippen LogP contribution in [0.25, 0.3) is 0 Å². The molecular formula is C15H24N2. The summed E-state index contributed by atoms with van der Waals surface area (Å²) in [5.74, 6) is 0. The molecule has 0 aromatic heterocycles. The molecule has 1 aromatic rings. The normalized spacial score (nSPS) is 17.2. The predicted octanol–water partition coefficient (Wildman–Crippen LogP) is 2.56. The minimum Gasteiger partial charge on any atom is -0.330 e. The van der Waals surface area contributed by atoms with Gasteiger partial charge >= 0.3 is 0 Å². The number of nitrogens with zero attached hydrogens (tertiary/aromatic N) is 1. The van der Waals surface area contributed by atoms with Crippen LogP contribution in [0, 0.1) is 0 Å². The maximum Gasteiger partial charge on any atom is 0.0236 e. The van der Waals surface area contributed by atoms with Gasteiger partial charge in [0.15, 0.2) is 0 Å². The third-order valence-corrected chi connectivity index (χ3v) is 3.61. The molecule has 1 aliphatic rings. The number of rotatable bonds is 5. The monoisotopic (exact) mass is 232 g/mol. The Kier molecular flexibility index (Phi) is 5.02. The number of aryl methyl sites for hydroxylation is 1. The van der Waals surface area contributed by atoms with Gasteiger partial charge in [0, 0.05) is 6.54 Å². The molecule has 0 aliphatic carbocycles. The number of nitrogens with two attached hydrogens (primary N) is 1. The van der Waals surface area contributed by atoms with E-state index in [2.05, 4.69) is 29.2 Å². The Bertz CT molecular complexity index is 329. The van der Waals surface area contributed by atoms with Gasteiger partial charge in [0.05, 0.1) is 0 Å². The quantitative estimate of drug-likeness (QED) is 0.845. The first-order chi connectivity index (χ1) is 8.40. The average molecular weight is 232 g/mol. The molecule has 2 heteroatoms. The summed E-state index contributed by atoms with van der Waals surface area (Å²) in [5, 5.41) is 0. The molecule has 2 nitrogen and oxygen atoms in total. The molecule has 2 N–H and O–H groups in total. The van der Waals surface area contributed by atoms with Crippen LogP contribution in [0.5, 0.6) is 0 Å². The van der Waals surface area contributed by atoms with Crippen molar-refractivity contribution in [2.75, 3.05) is 19.6 Å². The second-order valence-corrected chi connectivity index (χ2v) is 5.00. The van der Waals surface area contributed by atoms with Crippen LogP contribution in [0.4, 0.5) is 0 Å². The maximum absolute atomic E-state index is 5.60. The number of likely N-dealkylation sites (tertiary alicyclic amines) is 1. The molecule has 0 unspecified atom stereocenters. The Morgan fingerprint density at radius 3 is 2.41 bits per heavy atom. The number of benzene rings is 1. The molecule has 1 heterocycles. The highest BCUT2D eigenvalue weighted by Crippen LogP contribution is 2.17. The van der Waals surface area contributed by atoms with Crippen LogP contribution in [0.15, 0.2) is 24.3 Å². The average Bonchev–Trinajstić information content (AvgIpc) is 2.39. The molecule has 1 aliphatic heterocycles. The minimum absolute atomic E-state index is 0.790. The van der Waals surface area contributed by atoms with Gasteiger partial charge in [-0.25, -0.2) is 0 Å². The van der Waals surface area contributed by atoms with E-state index in [-0.39, 0.29) is 0 Å². The van der Waals surface area contributed by atoms with Crippen molar-refractivity contribution in [2.45, 2.75) is 38.6 Å². The fraction of sp³-hybridized carbons (Fsp3) is 0.600. The Morgan fingerprint density at radius 1 is 1.00 bits per heavy atom. The SMILES string of the molecule is NCCCc1ccccc1CN1CCCCC1. The Labute approximate surface area is 105 Å². The van der Waals surface area contributed by atoms with E-state index < -0.39 is 0 Å². The molecule has 1 fully saturated rings. The second kappa shape index (κ2) is 6.77. The van der Waals surface area contributed by atoms with Gasteiger partial charge in [-0.3, -0.25) is 4.90 Å². The molecule has 0 spiro atoms. The van der Waals surface area contributed by atoms with E-state index in [1.165, 1.54) is 43.5 Å². The first kappa shape index (κ1) is 12.6. The van der Waals surface area contributed by atoms with E-state index in [9.17, 15) is 0 Å². The highest BCUT2D eigenvalue weighted by Gasteiger charge is 2.11. The molecule has 0 radical (unpaired) electrons. The van der Waals surface area contributed by atoms with E-state index in [1.54, 1.807) is 0 Å². The van der Waals surface area contributed by atoms with Gasteiger partial charge in [0.2, 0.25) is 0 Å². The Hall–Kier alpha value is -0.860. The number of hydrogen-bond donors (Lipinski definition) is 1. The lowest BCUT2D eigenvalue weighted by Gasteiger charge is -2.27. The number of hydrogen-bond acceptors (Lipinski definition) is 2. The van der Waals surface area contributed by atoms with E-state index >= 15 is 0 Å². The first-order valence-electron chi connectivity index (χ1n) is 6.89. The molecule has 0 amide bonds. The molecule has 1 aromatic carbocycles. The summed E-state index contributed by atoms with van der Waals surface area (Å²) in [6.07, 6.45) is 6.36. The van der Waals surface area contributed by atoms with E-state index in [0.717, 1.165) is 25.9 Å². The van der Waals surface area contributed by atoms with Crippen LogP contribution in [0.1, 0.15) is 36.8 Å².